The van der Waals surface area contributed by atoms with Crippen LogP contribution < -0.4 is 0 Å². The maximum absolute atomic E-state index is 12.0. The van der Waals surface area contributed by atoms with Crippen LogP contribution in [0.25, 0.3) is 27.8 Å². The van der Waals surface area contributed by atoms with Gasteiger partial charge in [0, 0.05) is 22.5 Å². The number of thioether (sulfide) groups is 1. The van der Waals surface area contributed by atoms with Crippen LogP contribution in [0, 0.1) is 6.92 Å². The second-order valence-electron chi connectivity index (χ2n) is 6.87. The number of carbonyl (C=O) groups is 1. The largest absolute Gasteiger partial charge is 0.468 e. The van der Waals surface area contributed by atoms with Gasteiger partial charge in [0.15, 0.2) is 0 Å². The molecule has 0 radical (unpaired) electrons. The minimum atomic E-state index is -0.395. The minimum Gasteiger partial charge on any atom is -0.468 e. The lowest BCUT2D eigenvalue weighted by Crippen LogP contribution is -2.14. The van der Waals surface area contributed by atoms with Gasteiger partial charge in [-0.05, 0) is 37.1 Å². The molecule has 0 bridgehead atoms. The molecule has 152 valence electrons. The van der Waals surface area contributed by atoms with E-state index in [0.29, 0.717) is 5.02 Å². The van der Waals surface area contributed by atoms with E-state index in [9.17, 15) is 4.79 Å². The zero-order chi connectivity index (χ0) is 21.3. The Kier molecular flexibility index (Phi) is 5.79. The quantitative estimate of drug-likeness (QED) is 0.227. The van der Waals surface area contributed by atoms with E-state index in [1.165, 1.54) is 25.2 Å². The van der Waals surface area contributed by atoms with E-state index >= 15 is 0 Å². The van der Waals surface area contributed by atoms with Crippen molar-refractivity contribution in [2.75, 3.05) is 7.11 Å². The van der Waals surface area contributed by atoms with Crippen LogP contribution in [0.4, 0.5) is 0 Å². The molecule has 2 aromatic heterocycles. The molecule has 4 rings (SSSR count). The van der Waals surface area contributed by atoms with Gasteiger partial charge < -0.3 is 9.30 Å². The van der Waals surface area contributed by atoms with E-state index in [1.54, 1.807) is 0 Å². The van der Waals surface area contributed by atoms with Crippen LogP contribution in [0.2, 0.25) is 5.02 Å². The Morgan fingerprint density at radius 3 is 2.63 bits per heavy atom. The SMILES string of the molecule is COC(=O)[C@H](C)Sc1ncnc2c1c(-c1ccccc1)cn2-c1ccc(C)c(Cl)c1. The average Bonchev–Trinajstić information content (AvgIpc) is 3.16. The fraction of sp³-hybridized carbons (Fsp3) is 0.174. The summed E-state index contributed by atoms with van der Waals surface area (Å²) in [6, 6.07) is 16.0. The Bertz CT molecular complexity index is 1220. The summed E-state index contributed by atoms with van der Waals surface area (Å²) in [7, 11) is 1.39. The first-order chi connectivity index (χ1) is 14.5. The van der Waals surface area contributed by atoms with E-state index < -0.39 is 5.25 Å². The number of methoxy groups -OCH3 is 1. The van der Waals surface area contributed by atoms with Crippen LogP contribution in [0.3, 0.4) is 0 Å². The summed E-state index contributed by atoms with van der Waals surface area (Å²) in [4.78, 5) is 21.1. The van der Waals surface area contributed by atoms with Gasteiger partial charge in [0.1, 0.15) is 22.3 Å². The molecule has 2 heterocycles. The van der Waals surface area contributed by atoms with Crippen LogP contribution >= 0.6 is 23.4 Å². The van der Waals surface area contributed by atoms with Gasteiger partial charge in [-0.15, -0.1) is 0 Å². The highest BCUT2D eigenvalue weighted by molar-refractivity contribution is 8.00. The predicted octanol–water partition coefficient (Wildman–Crippen LogP) is 5.70. The number of nitrogens with zero attached hydrogens (tertiary/aromatic N) is 3. The molecule has 0 amide bonds. The number of ether oxygens (including phenoxy) is 1. The Balaban J connectivity index is 1.95. The van der Waals surface area contributed by atoms with Crippen molar-refractivity contribution in [2.24, 2.45) is 0 Å². The first-order valence-electron chi connectivity index (χ1n) is 9.42. The van der Waals surface area contributed by atoms with Crippen LogP contribution in [-0.4, -0.2) is 32.9 Å². The predicted molar refractivity (Wildman–Crippen MR) is 121 cm³/mol. The molecule has 0 N–H and O–H groups in total. The van der Waals surface area contributed by atoms with E-state index in [2.05, 4.69) is 9.97 Å². The molecule has 0 aliphatic carbocycles. The standard InChI is InChI=1S/C23H20ClN3O2S/c1-14-9-10-17(11-19(14)24)27-12-18(16-7-5-4-6-8-16)20-21(27)25-13-26-22(20)30-15(2)23(28)29-3/h4-13,15H,1-3H3/t15-/m0/s1. The number of carbonyl (C=O) groups excluding carboxylic acids is 1. The highest BCUT2D eigenvalue weighted by Gasteiger charge is 2.22. The molecule has 0 aliphatic heterocycles. The molecule has 1 atom stereocenters. The summed E-state index contributed by atoms with van der Waals surface area (Å²) in [6.07, 6.45) is 3.57. The number of hydrogen-bond donors (Lipinski definition) is 0. The minimum absolute atomic E-state index is 0.294. The summed E-state index contributed by atoms with van der Waals surface area (Å²) in [5.74, 6) is -0.294. The smallest absolute Gasteiger partial charge is 0.318 e. The number of aromatic nitrogens is 3. The van der Waals surface area contributed by atoms with Crippen LogP contribution in [0.5, 0.6) is 0 Å². The van der Waals surface area contributed by atoms with Crippen LogP contribution in [0.15, 0.2) is 66.1 Å². The zero-order valence-electron chi connectivity index (χ0n) is 16.8. The summed E-state index contributed by atoms with van der Waals surface area (Å²) in [5, 5.41) is 1.92. The van der Waals surface area contributed by atoms with Crippen molar-refractivity contribution in [3.05, 3.63) is 71.6 Å². The molecule has 7 heteroatoms. The Morgan fingerprint density at radius 1 is 1.17 bits per heavy atom. The third-order valence-corrected chi connectivity index (χ3v) is 6.37. The highest BCUT2D eigenvalue weighted by Crippen LogP contribution is 2.38. The first kappa shape index (κ1) is 20.4. The second-order valence-corrected chi connectivity index (χ2v) is 8.61. The number of rotatable bonds is 5. The lowest BCUT2D eigenvalue weighted by molar-refractivity contribution is -0.139. The van der Waals surface area contributed by atoms with Gasteiger partial charge in [-0.25, -0.2) is 9.97 Å². The highest BCUT2D eigenvalue weighted by atomic mass is 35.5. The molecule has 2 aromatic carbocycles. The molecule has 0 spiro atoms. The fourth-order valence-electron chi connectivity index (χ4n) is 3.27. The van der Waals surface area contributed by atoms with Crippen molar-refractivity contribution in [2.45, 2.75) is 24.1 Å². The number of esters is 1. The van der Waals surface area contributed by atoms with E-state index in [0.717, 1.165) is 38.4 Å². The molecule has 5 nitrogen and oxygen atoms in total. The maximum Gasteiger partial charge on any atom is 0.318 e. The Hall–Kier alpha value is -2.83. The number of halogens is 1. The summed E-state index contributed by atoms with van der Waals surface area (Å²) in [5.41, 5.74) is 4.71. The lowest BCUT2D eigenvalue weighted by Gasteiger charge is -2.10. The molecular formula is C23H20ClN3O2S. The molecule has 0 aliphatic rings. The van der Waals surface area contributed by atoms with Crippen molar-refractivity contribution in [1.29, 1.82) is 0 Å². The van der Waals surface area contributed by atoms with Gasteiger partial charge in [0.2, 0.25) is 0 Å². The summed E-state index contributed by atoms with van der Waals surface area (Å²) in [6.45, 7) is 3.78. The number of aryl methyl sites for hydroxylation is 1. The Labute approximate surface area is 184 Å². The summed E-state index contributed by atoms with van der Waals surface area (Å²) < 4.78 is 6.90. The fourth-order valence-corrected chi connectivity index (χ4v) is 4.40. The zero-order valence-corrected chi connectivity index (χ0v) is 18.4. The second kappa shape index (κ2) is 8.50. The molecular weight excluding hydrogens is 418 g/mol. The van der Waals surface area contributed by atoms with Crippen LogP contribution in [-0.2, 0) is 9.53 Å². The van der Waals surface area contributed by atoms with Gasteiger partial charge in [-0.2, -0.15) is 0 Å². The average molecular weight is 438 g/mol. The maximum atomic E-state index is 12.0. The molecule has 4 aromatic rings. The van der Waals surface area contributed by atoms with Gasteiger partial charge >= 0.3 is 5.97 Å². The third kappa shape index (κ3) is 3.80. The molecule has 0 saturated heterocycles. The normalized spacial score (nSPS) is 12.1. The molecule has 0 fully saturated rings. The van der Waals surface area contributed by atoms with Crippen LogP contribution in [0.1, 0.15) is 12.5 Å². The first-order valence-corrected chi connectivity index (χ1v) is 10.7. The van der Waals surface area contributed by atoms with E-state index in [1.807, 2.05) is 73.1 Å². The summed E-state index contributed by atoms with van der Waals surface area (Å²) >= 11 is 7.75. The van der Waals surface area contributed by atoms with Gasteiger partial charge in [0.25, 0.3) is 0 Å². The topological polar surface area (TPSA) is 57.0 Å². The van der Waals surface area contributed by atoms with Crippen molar-refractivity contribution in [3.8, 4) is 16.8 Å². The van der Waals surface area contributed by atoms with E-state index in [-0.39, 0.29) is 5.97 Å². The third-order valence-electron chi connectivity index (χ3n) is 4.89. The van der Waals surface area contributed by atoms with E-state index in [4.69, 9.17) is 16.3 Å². The van der Waals surface area contributed by atoms with Gasteiger partial charge in [0.05, 0.1) is 12.5 Å². The van der Waals surface area contributed by atoms with Crippen molar-refractivity contribution in [3.63, 3.8) is 0 Å². The van der Waals surface area contributed by atoms with Gasteiger partial charge in [-0.1, -0.05) is 59.8 Å². The molecule has 30 heavy (non-hydrogen) atoms. The Morgan fingerprint density at radius 2 is 1.93 bits per heavy atom. The van der Waals surface area contributed by atoms with Crippen molar-refractivity contribution in [1.82, 2.24) is 14.5 Å². The molecule has 0 saturated carbocycles. The van der Waals surface area contributed by atoms with Crippen molar-refractivity contribution < 1.29 is 9.53 Å². The number of benzene rings is 2. The van der Waals surface area contributed by atoms with Gasteiger partial charge in [-0.3, -0.25) is 4.79 Å². The number of hydrogen-bond acceptors (Lipinski definition) is 5. The molecule has 0 unspecified atom stereocenters. The lowest BCUT2D eigenvalue weighted by atomic mass is 10.1. The van der Waals surface area contributed by atoms with Crippen molar-refractivity contribution >= 4 is 40.4 Å². The number of fused-ring (bicyclic) bond motifs is 1. The monoisotopic (exact) mass is 437 g/mol.